The molecule has 4 rings (SSSR count). The van der Waals surface area contributed by atoms with Crippen LogP contribution in [0.1, 0.15) is 32.1 Å². The quantitative estimate of drug-likeness (QED) is 0.532. The highest BCUT2D eigenvalue weighted by atomic mass is 16.2. The number of allylic oxidation sites excluding steroid dienone is 1. The lowest BCUT2D eigenvalue weighted by molar-refractivity contribution is 0.0926. The molecule has 1 aromatic heterocycles. The zero-order chi connectivity index (χ0) is 19.7. The lowest BCUT2D eigenvalue weighted by atomic mass is 10.1. The molecule has 1 aliphatic rings. The summed E-state index contributed by atoms with van der Waals surface area (Å²) in [7, 11) is 0. The van der Waals surface area contributed by atoms with Crippen LogP contribution in [0, 0.1) is 18.3 Å². The van der Waals surface area contributed by atoms with Crippen molar-refractivity contribution in [3.63, 3.8) is 0 Å². The summed E-state index contributed by atoms with van der Waals surface area (Å²) >= 11 is 0. The van der Waals surface area contributed by atoms with Crippen molar-refractivity contribution in [1.82, 2.24) is 20.6 Å². The number of imide groups is 1. The fourth-order valence-electron chi connectivity index (χ4n) is 3.01. The first-order valence-corrected chi connectivity index (χ1v) is 8.30. The smallest absolute Gasteiger partial charge is 0.268 e. The van der Waals surface area contributed by atoms with E-state index < -0.39 is 5.91 Å². The zero-order valence-electron chi connectivity index (χ0n) is 14.7. The zero-order valence-corrected chi connectivity index (χ0v) is 14.7. The van der Waals surface area contributed by atoms with Gasteiger partial charge in [-0.15, -0.1) is 10.2 Å². The van der Waals surface area contributed by atoms with E-state index in [9.17, 15) is 14.9 Å². The number of nitrogens with one attached hydrogen (secondary N) is 2. The van der Waals surface area contributed by atoms with Gasteiger partial charge in [0, 0.05) is 6.20 Å². The van der Waals surface area contributed by atoms with E-state index in [4.69, 9.17) is 0 Å². The Bertz CT molecular complexity index is 1160. The van der Waals surface area contributed by atoms with E-state index in [0.717, 1.165) is 5.56 Å². The van der Waals surface area contributed by atoms with Crippen molar-refractivity contribution >= 4 is 28.8 Å². The summed E-state index contributed by atoms with van der Waals surface area (Å²) in [5.74, 6) is -0.698. The minimum Gasteiger partial charge on any atom is -0.360 e. The van der Waals surface area contributed by atoms with E-state index in [2.05, 4.69) is 25.9 Å². The largest absolute Gasteiger partial charge is 0.360 e. The van der Waals surface area contributed by atoms with Crippen molar-refractivity contribution in [3.05, 3.63) is 71.2 Å². The number of anilines is 2. The Morgan fingerprint density at radius 3 is 2.71 bits per heavy atom. The van der Waals surface area contributed by atoms with Gasteiger partial charge in [0.25, 0.3) is 11.8 Å². The molecule has 28 heavy (non-hydrogen) atoms. The molecule has 0 unspecified atom stereocenters. The van der Waals surface area contributed by atoms with E-state index in [1.807, 2.05) is 25.1 Å². The van der Waals surface area contributed by atoms with Crippen LogP contribution in [-0.4, -0.2) is 32.4 Å². The van der Waals surface area contributed by atoms with Crippen LogP contribution in [0.25, 0.3) is 5.57 Å². The van der Waals surface area contributed by atoms with Crippen molar-refractivity contribution in [2.24, 2.45) is 0 Å². The number of hydrogen-bond donors (Lipinski definition) is 2. The average molecular weight is 371 g/mol. The van der Waals surface area contributed by atoms with Gasteiger partial charge < -0.3 is 5.32 Å². The molecule has 0 atom stereocenters. The summed E-state index contributed by atoms with van der Waals surface area (Å²) in [6, 6.07) is 14.1. The minimum atomic E-state index is -0.427. The average Bonchev–Trinajstić information content (AvgIpc) is 3.32. The molecule has 2 amide bonds. The number of hydrogen-bond acceptors (Lipinski definition) is 7. The molecule has 0 spiro atoms. The van der Waals surface area contributed by atoms with Gasteiger partial charge in [0.2, 0.25) is 5.82 Å². The first-order chi connectivity index (χ1) is 13.6. The summed E-state index contributed by atoms with van der Waals surface area (Å²) < 4.78 is 0. The Hall–Kier alpha value is -4.32. The summed E-state index contributed by atoms with van der Waals surface area (Å²) in [5, 5.41) is 25.4. The molecule has 0 bridgehead atoms. The van der Waals surface area contributed by atoms with Gasteiger partial charge in [-0.1, -0.05) is 24.3 Å². The van der Waals surface area contributed by atoms with E-state index in [1.165, 1.54) is 11.1 Å². The first kappa shape index (κ1) is 17.1. The fourth-order valence-corrected chi connectivity index (χ4v) is 3.01. The monoisotopic (exact) mass is 371 g/mol. The molecule has 9 nitrogen and oxygen atoms in total. The second-order valence-electron chi connectivity index (χ2n) is 6.01. The highest BCUT2D eigenvalue weighted by Crippen LogP contribution is 2.34. The summed E-state index contributed by atoms with van der Waals surface area (Å²) in [6.45, 7) is 1.84. The molecular weight excluding hydrogens is 358 g/mol. The number of aromatic amines is 1. The summed E-state index contributed by atoms with van der Waals surface area (Å²) in [6.07, 6.45) is 1.37. The van der Waals surface area contributed by atoms with Crippen molar-refractivity contribution in [2.45, 2.75) is 6.92 Å². The number of fused-ring (bicyclic) bond motifs is 1. The Labute approximate surface area is 159 Å². The van der Waals surface area contributed by atoms with E-state index in [-0.39, 0.29) is 22.9 Å². The van der Waals surface area contributed by atoms with Crippen LogP contribution in [0.15, 0.2) is 48.7 Å². The lowest BCUT2D eigenvalue weighted by Gasteiger charge is -2.16. The van der Waals surface area contributed by atoms with Crippen molar-refractivity contribution < 1.29 is 9.59 Å². The number of rotatable bonds is 4. The molecule has 0 saturated heterocycles. The van der Waals surface area contributed by atoms with Gasteiger partial charge in [-0.3, -0.25) is 9.59 Å². The Kier molecular flexibility index (Phi) is 4.14. The normalized spacial score (nSPS) is 13.4. The number of carbonyl (C=O) groups is 2. The number of aryl methyl sites for hydroxylation is 1. The van der Waals surface area contributed by atoms with Crippen LogP contribution in [0.2, 0.25) is 0 Å². The van der Waals surface area contributed by atoms with Crippen LogP contribution in [0.4, 0.5) is 11.4 Å². The molecule has 2 N–H and O–H groups in total. The number of para-hydroxylation sites is 1. The third-order valence-electron chi connectivity index (χ3n) is 4.35. The fraction of sp³-hybridized carbons (Fsp3) is 0.0526. The molecule has 2 aromatic carbocycles. The predicted octanol–water partition coefficient (Wildman–Crippen LogP) is 2.29. The second kappa shape index (κ2) is 6.77. The highest BCUT2D eigenvalue weighted by molar-refractivity contribution is 6.36. The molecule has 3 aromatic rings. The molecule has 0 radical (unpaired) electrons. The van der Waals surface area contributed by atoms with Crippen LogP contribution in [0.5, 0.6) is 0 Å². The number of nitriles is 1. The molecule has 2 heterocycles. The second-order valence-corrected chi connectivity index (χ2v) is 6.01. The van der Waals surface area contributed by atoms with Crippen LogP contribution >= 0.6 is 0 Å². The standard InChI is InChI=1S/C19H13N7O2/c1-11-5-2-3-8-15(11)26-18(27)13-6-4-7-14(16(13)19(26)28)21-10-12(9-20)17-22-24-25-23-17/h2-8,10,21H,1H3,(H,22,23,24,25). The van der Waals surface area contributed by atoms with Gasteiger partial charge in [-0.25, -0.2) is 4.90 Å². The van der Waals surface area contributed by atoms with Gasteiger partial charge >= 0.3 is 0 Å². The molecule has 0 aliphatic carbocycles. The van der Waals surface area contributed by atoms with Gasteiger partial charge in [-0.05, 0) is 35.9 Å². The van der Waals surface area contributed by atoms with Crippen molar-refractivity contribution in [3.8, 4) is 6.07 Å². The van der Waals surface area contributed by atoms with Gasteiger partial charge in [0.05, 0.1) is 22.5 Å². The number of benzene rings is 2. The summed E-state index contributed by atoms with van der Waals surface area (Å²) in [5.41, 5.74) is 2.43. The van der Waals surface area contributed by atoms with Gasteiger partial charge in [0.1, 0.15) is 11.6 Å². The van der Waals surface area contributed by atoms with Crippen molar-refractivity contribution in [1.29, 1.82) is 5.26 Å². The van der Waals surface area contributed by atoms with Crippen LogP contribution in [-0.2, 0) is 0 Å². The number of aromatic nitrogens is 4. The number of nitrogens with zero attached hydrogens (tertiary/aromatic N) is 5. The van der Waals surface area contributed by atoms with Crippen LogP contribution < -0.4 is 10.2 Å². The third-order valence-corrected chi connectivity index (χ3v) is 4.35. The number of tetrazole rings is 1. The predicted molar refractivity (Wildman–Crippen MR) is 100 cm³/mol. The lowest BCUT2D eigenvalue weighted by Crippen LogP contribution is -2.30. The number of H-pyrrole nitrogens is 1. The number of carbonyl (C=O) groups excluding carboxylic acids is 2. The molecule has 1 aliphatic heterocycles. The third kappa shape index (κ3) is 2.69. The SMILES string of the molecule is Cc1ccccc1N1C(=O)c2cccc(NC=C(C#N)c3nn[nH]n3)c2C1=O. The first-order valence-electron chi connectivity index (χ1n) is 8.30. The maximum atomic E-state index is 13.1. The summed E-state index contributed by atoms with van der Waals surface area (Å²) in [4.78, 5) is 27.1. The Balaban J connectivity index is 1.73. The van der Waals surface area contributed by atoms with Gasteiger partial charge in [-0.2, -0.15) is 10.5 Å². The molecule has 9 heteroatoms. The maximum Gasteiger partial charge on any atom is 0.268 e. The molecule has 136 valence electrons. The topological polar surface area (TPSA) is 128 Å². The van der Waals surface area contributed by atoms with E-state index in [0.29, 0.717) is 16.9 Å². The Morgan fingerprint density at radius 2 is 2.00 bits per heavy atom. The van der Waals surface area contributed by atoms with Crippen molar-refractivity contribution in [2.75, 3.05) is 10.2 Å². The van der Waals surface area contributed by atoms with Crippen LogP contribution in [0.3, 0.4) is 0 Å². The highest BCUT2D eigenvalue weighted by Gasteiger charge is 2.38. The van der Waals surface area contributed by atoms with Gasteiger partial charge in [0.15, 0.2) is 0 Å². The molecular formula is C19H13N7O2. The van der Waals surface area contributed by atoms with E-state index >= 15 is 0 Å². The molecule has 0 saturated carbocycles. The maximum absolute atomic E-state index is 13.1. The molecule has 0 fully saturated rings. The van der Waals surface area contributed by atoms with E-state index in [1.54, 1.807) is 30.3 Å². The minimum absolute atomic E-state index is 0.117. The Morgan fingerprint density at radius 1 is 1.18 bits per heavy atom. The number of amides is 2.